The van der Waals surface area contributed by atoms with Gasteiger partial charge in [0.25, 0.3) is 0 Å². The van der Waals surface area contributed by atoms with Crippen LogP contribution >= 0.6 is 11.6 Å². The molecule has 0 aromatic carbocycles. The van der Waals surface area contributed by atoms with Gasteiger partial charge in [0.15, 0.2) is 0 Å². The molecule has 0 fully saturated rings. The van der Waals surface area contributed by atoms with Crippen LogP contribution in [0.4, 0.5) is 0 Å². The Morgan fingerprint density at radius 1 is 1.40 bits per heavy atom. The molecule has 3 heteroatoms. The van der Waals surface area contributed by atoms with Gasteiger partial charge in [-0.15, -0.1) is 11.6 Å². The lowest BCUT2D eigenvalue weighted by Crippen LogP contribution is -2.24. The van der Waals surface area contributed by atoms with E-state index in [-0.39, 0.29) is 4.75 Å². The summed E-state index contributed by atoms with van der Waals surface area (Å²) in [4.78, 5) is 0. The van der Waals surface area contributed by atoms with E-state index in [2.05, 4.69) is 0 Å². The molecule has 0 amide bonds. The van der Waals surface area contributed by atoms with Gasteiger partial charge in [0, 0.05) is 27.2 Å². The van der Waals surface area contributed by atoms with Gasteiger partial charge in [-0.3, -0.25) is 4.21 Å². The first kappa shape index (κ1) is 10.4. The Hall–Kier alpha value is 0.440. The summed E-state index contributed by atoms with van der Waals surface area (Å²) in [7, 11) is -0.722. The van der Waals surface area contributed by atoms with Crippen molar-refractivity contribution in [3.05, 3.63) is 0 Å². The molecule has 0 aliphatic carbocycles. The Morgan fingerprint density at radius 3 is 2.20 bits per heavy atom. The molecule has 1 nitrogen and oxygen atoms in total. The minimum atomic E-state index is -0.722. The molecule has 0 N–H and O–H groups in total. The topological polar surface area (TPSA) is 17.1 Å². The van der Waals surface area contributed by atoms with E-state index in [1.807, 2.05) is 20.8 Å². The average Bonchev–Trinajstić information content (AvgIpc) is 1.80. The van der Waals surface area contributed by atoms with Crippen LogP contribution in [0.25, 0.3) is 0 Å². The third-order valence-corrected chi connectivity index (χ3v) is 3.44. The predicted molar refractivity (Wildman–Crippen MR) is 48.1 cm³/mol. The first-order chi connectivity index (χ1) is 4.48. The normalized spacial score (nSPS) is 15.2. The van der Waals surface area contributed by atoms with E-state index in [0.29, 0.717) is 5.88 Å². The van der Waals surface area contributed by atoms with Crippen LogP contribution in [0.5, 0.6) is 0 Å². The standard InChI is InChI=1S/C7H15ClOS/c1-7(2,3)10(9)6-4-5-8/h4-6H2,1-3H3. The molecule has 0 saturated heterocycles. The van der Waals surface area contributed by atoms with Crippen molar-refractivity contribution in [3.63, 3.8) is 0 Å². The lowest BCUT2D eigenvalue weighted by molar-refractivity contribution is 0.647. The molecule has 0 saturated carbocycles. The van der Waals surface area contributed by atoms with Crippen LogP contribution < -0.4 is 0 Å². The highest BCUT2D eigenvalue weighted by atomic mass is 35.5. The summed E-state index contributed by atoms with van der Waals surface area (Å²) in [6, 6.07) is 0. The van der Waals surface area contributed by atoms with Crippen molar-refractivity contribution in [2.45, 2.75) is 31.9 Å². The number of hydrogen-bond acceptors (Lipinski definition) is 1. The van der Waals surface area contributed by atoms with Crippen molar-refractivity contribution < 1.29 is 4.21 Å². The van der Waals surface area contributed by atoms with Crippen molar-refractivity contribution in [2.24, 2.45) is 0 Å². The van der Waals surface area contributed by atoms with Gasteiger partial charge < -0.3 is 0 Å². The van der Waals surface area contributed by atoms with Crippen LogP contribution in [0.3, 0.4) is 0 Å². The van der Waals surface area contributed by atoms with E-state index in [0.717, 1.165) is 12.2 Å². The van der Waals surface area contributed by atoms with Crippen LogP contribution in [0.1, 0.15) is 27.2 Å². The monoisotopic (exact) mass is 182 g/mol. The molecule has 0 radical (unpaired) electrons. The maximum absolute atomic E-state index is 11.3. The molecule has 0 bridgehead atoms. The second-order valence-electron chi connectivity index (χ2n) is 3.20. The third kappa shape index (κ3) is 4.29. The molecule has 0 spiro atoms. The molecule has 1 unspecified atom stereocenters. The Bertz CT molecular complexity index is 117. The summed E-state index contributed by atoms with van der Waals surface area (Å²) in [5.41, 5.74) is 0. The molecular formula is C7H15ClOS. The van der Waals surface area contributed by atoms with Gasteiger partial charge in [-0.1, -0.05) is 0 Å². The Morgan fingerprint density at radius 2 is 1.90 bits per heavy atom. The highest BCUT2D eigenvalue weighted by molar-refractivity contribution is 7.86. The lowest BCUT2D eigenvalue weighted by atomic mass is 10.3. The third-order valence-electron chi connectivity index (χ3n) is 1.15. The fraction of sp³-hybridized carbons (Fsp3) is 1.00. The molecule has 0 rings (SSSR count). The molecule has 1 atom stereocenters. The molecule has 0 aliphatic heterocycles. The van der Waals surface area contributed by atoms with E-state index in [9.17, 15) is 4.21 Å². The van der Waals surface area contributed by atoms with Gasteiger partial charge in [-0.2, -0.15) is 0 Å². The molecule has 0 heterocycles. The molecule has 0 aromatic heterocycles. The zero-order chi connectivity index (χ0) is 8.20. The van der Waals surface area contributed by atoms with Crippen molar-refractivity contribution >= 4 is 22.4 Å². The average molecular weight is 183 g/mol. The van der Waals surface area contributed by atoms with Crippen molar-refractivity contribution in [1.82, 2.24) is 0 Å². The Kier molecular flexibility index (Phi) is 4.54. The first-order valence-corrected chi connectivity index (χ1v) is 5.28. The van der Waals surface area contributed by atoms with Gasteiger partial charge >= 0.3 is 0 Å². The van der Waals surface area contributed by atoms with Gasteiger partial charge in [0.05, 0.1) is 0 Å². The highest BCUT2D eigenvalue weighted by Gasteiger charge is 2.17. The summed E-state index contributed by atoms with van der Waals surface area (Å²) in [5.74, 6) is 1.34. The summed E-state index contributed by atoms with van der Waals surface area (Å²) in [6.45, 7) is 5.95. The Balaban J connectivity index is 3.64. The fourth-order valence-corrected chi connectivity index (χ4v) is 1.80. The molecule has 0 aromatic rings. The number of halogens is 1. The fourth-order valence-electron chi connectivity index (χ4n) is 0.492. The zero-order valence-electron chi connectivity index (χ0n) is 6.82. The summed E-state index contributed by atoms with van der Waals surface area (Å²) >= 11 is 5.46. The first-order valence-electron chi connectivity index (χ1n) is 3.43. The lowest BCUT2D eigenvalue weighted by Gasteiger charge is -2.16. The minimum absolute atomic E-state index is 0.0773. The maximum atomic E-state index is 11.3. The van der Waals surface area contributed by atoms with Crippen molar-refractivity contribution in [1.29, 1.82) is 0 Å². The van der Waals surface area contributed by atoms with Gasteiger partial charge in [0.2, 0.25) is 0 Å². The summed E-state index contributed by atoms with van der Waals surface area (Å²) in [5, 5.41) is 0. The van der Waals surface area contributed by atoms with Crippen LogP contribution in [-0.4, -0.2) is 20.6 Å². The number of hydrogen-bond donors (Lipinski definition) is 0. The van der Waals surface area contributed by atoms with E-state index >= 15 is 0 Å². The quantitative estimate of drug-likeness (QED) is 0.612. The van der Waals surface area contributed by atoms with Crippen LogP contribution in [0.2, 0.25) is 0 Å². The van der Waals surface area contributed by atoms with Crippen LogP contribution in [0, 0.1) is 0 Å². The zero-order valence-corrected chi connectivity index (χ0v) is 8.39. The van der Waals surface area contributed by atoms with Crippen molar-refractivity contribution in [3.8, 4) is 0 Å². The van der Waals surface area contributed by atoms with Gasteiger partial charge in [-0.05, 0) is 27.2 Å². The smallest absolute Gasteiger partial charge is 0.0375 e. The summed E-state index contributed by atoms with van der Waals surface area (Å²) in [6.07, 6.45) is 0.853. The van der Waals surface area contributed by atoms with E-state index < -0.39 is 10.8 Å². The molecule has 0 aliphatic rings. The van der Waals surface area contributed by atoms with Crippen LogP contribution in [-0.2, 0) is 10.8 Å². The van der Waals surface area contributed by atoms with E-state index in [1.54, 1.807) is 0 Å². The number of rotatable bonds is 3. The van der Waals surface area contributed by atoms with Gasteiger partial charge in [-0.25, -0.2) is 0 Å². The molecule has 62 valence electrons. The second-order valence-corrected chi connectivity index (χ2v) is 5.91. The molecule has 10 heavy (non-hydrogen) atoms. The SMILES string of the molecule is CC(C)(C)S(=O)CCCCl. The van der Waals surface area contributed by atoms with E-state index in [1.165, 1.54) is 0 Å². The minimum Gasteiger partial charge on any atom is -0.259 e. The number of alkyl halides is 1. The molecular weight excluding hydrogens is 168 g/mol. The predicted octanol–water partition coefficient (Wildman–Crippen LogP) is 2.16. The highest BCUT2D eigenvalue weighted by Crippen LogP contribution is 2.11. The largest absolute Gasteiger partial charge is 0.259 e. The van der Waals surface area contributed by atoms with Crippen LogP contribution in [0.15, 0.2) is 0 Å². The maximum Gasteiger partial charge on any atom is 0.0375 e. The van der Waals surface area contributed by atoms with Gasteiger partial charge in [0.1, 0.15) is 0 Å². The summed E-state index contributed by atoms with van der Waals surface area (Å²) < 4.78 is 11.2. The van der Waals surface area contributed by atoms with E-state index in [4.69, 9.17) is 11.6 Å². The van der Waals surface area contributed by atoms with Crippen molar-refractivity contribution in [2.75, 3.05) is 11.6 Å². The second kappa shape index (κ2) is 4.35. The Labute approximate surface area is 70.6 Å².